The lowest BCUT2D eigenvalue weighted by Crippen LogP contribution is -2.16. The first-order valence-electron chi connectivity index (χ1n) is 5.17. The number of anilines is 1. The zero-order valence-corrected chi connectivity index (χ0v) is 10.8. The molecule has 0 aliphatic heterocycles. The monoisotopic (exact) mass is 307 g/mol. The fourth-order valence-corrected chi connectivity index (χ4v) is 1.70. The Labute approximate surface area is 112 Å². The lowest BCUT2D eigenvalue weighted by atomic mass is 10.3. The van der Waals surface area contributed by atoms with Crippen molar-refractivity contribution in [1.29, 1.82) is 0 Å². The molecule has 0 fully saturated rings. The molecule has 0 spiro atoms. The Morgan fingerprint density at radius 2 is 1.89 bits per heavy atom. The molecule has 1 amide bonds. The molecule has 4 nitrogen and oxygen atoms in total. The van der Waals surface area contributed by atoms with E-state index in [-0.39, 0.29) is 11.4 Å². The molecule has 2 rings (SSSR count). The minimum absolute atomic E-state index is 0.0248. The van der Waals surface area contributed by atoms with E-state index in [4.69, 9.17) is 4.74 Å². The number of para-hydroxylation sites is 1. The second-order valence-electron chi connectivity index (χ2n) is 3.49. The molecule has 0 aliphatic carbocycles. The molecule has 0 radical (unpaired) electrons. The summed E-state index contributed by atoms with van der Waals surface area (Å²) in [5.74, 6) is 0.410. The van der Waals surface area contributed by atoms with Crippen LogP contribution in [0.1, 0.15) is 0 Å². The van der Waals surface area contributed by atoms with E-state index in [1.165, 1.54) is 6.07 Å². The van der Waals surface area contributed by atoms with Gasteiger partial charge in [0.1, 0.15) is 11.5 Å². The van der Waals surface area contributed by atoms with Gasteiger partial charge in [0.25, 0.3) is 0 Å². The fraction of sp³-hybridized carbons (Fsp3) is 0. The molecule has 2 N–H and O–H groups in total. The SMILES string of the molecule is O=C(Nc1cc(Br)ccc1O)Oc1ccccc1. The van der Waals surface area contributed by atoms with Crippen LogP contribution >= 0.6 is 15.9 Å². The topological polar surface area (TPSA) is 58.6 Å². The summed E-state index contributed by atoms with van der Waals surface area (Å²) in [5.41, 5.74) is 0.283. The molecule has 0 unspecified atom stereocenters. The summed E-state index contributed by atoms with van der Waals surface area (Å²) in [4.78, 5) is 11.6. The number of benzene rings is 2. The van der Waals surface area contributed by atoms with Gasteiger partial charge in [-0.3, -0.25) is 5.32 Å². The summed E-state index contributed by atoms with van der Waals surface area (Å²) >= 11 is 3.25. The predicted octanol–water partition coefficient (Wildman–Crippen LogP) is 3.77. The van der Waals surface area contributed by atoms with E-state index in [1.54, 1.807) is 36.4 Å². The van der Waals surface area contributed by atoms with Crippen molar-refractivity contribution in [2.75, 3.05) is 5.32 Å². The number of aromatic hydroxyl groups is 1. The van der Waals surface area contributed by atoms with Crippen LogP contribution in [0.4, 0.5) is 10.5 Å². The molecule has 0 saturated carbocycles. The van der Waals surface area contributed by atoms with Gasteiger partial charge in [-0.1, -0.05) is 34.1 Å². The van der Waals surface area contributed by atoms with E-state index in [2.05, 4.69) is 21.2 Å². The largest absolute Gasteiger partial charge is 0.506 e. The normalized spacial score (nSPS) is 9.83. The van der Waals surface area contributed by atoms with E-state index < -0.39 is 6.09 Å². The van der Waals surface area contributed by atoms with Crippen LogP contribution in [0.15, 0.2) is 53.0 Å². The second-order valence-corrected chi connectivity index (χ2v) is 4.40. The van der Waals surface area contributed by atoms with Crippen LogP contribution in [0.5, 0.6) is 11.5 Å². The first-order chi connectivity index (χ1) is 8.65. The second kappa shape index (κ2) is 5.55. The summed E-state index contributed by atoms with van der Waals surface area (Å²) < 4.78 is 5.78. The number of phenols is 1. The van der Waals surface area contributed by atoms with Gasteiger partial charge in [-0.25, -0.2) is 4.79 Å². The van der Waals surface area contributed by atoms with Crippen molar-refractivity contribution in [3.8, 4) is 11.5 Å². The molecule has 0 heterocycles. The van der Waals surface area contributed by atoms with Gasteiger partial charge in [0.05, 0.1) is 5.69 Å². The molecule has 0 atom stereocenters. The summed E-state index contributed by atoms with van der Waals surface area (Å²) in [6, 6.07) is 13.4. The first kappa shape index (κ1) is 12.4. The Bertz CT molecular complexity index is 557. The highest BCUT2D eigenvalue weighted by Gasteiger charge is 2.08. The molecule has 5 heteroatoms. The van der Waals surface area contributed by atoms with Crippen LogP contribution in [0.3, 0.4) is 0 Å². The zero-order chi connectivity index (χ0) is 13.0. The maximum Gasteiger partial charge on any atom is 0.417 e. The standard InChI is InChI=1S/C13H10BrNO3/c14-9-6-7-12(16)11(8-9)15-13(17)18-10-4-2-1-3-5-10/h1-8,16H,(H,15,17). The van der Waals surface area contributed by atoms with Crippen molar-refractivity contribution < 1.29 is 14.6 Å². The van der Waals surface area contributed by atoms with Crippen molar-refractivity contribution in [1.82, 2.24) is 0 Å². The van der Waals surface area contributed by atoms with Crippen molar-refractivity contribution in [2.45, 2.75) is 0 Å². The summed E-state index contributed by atoms with van der Waals surface area (Å²) in [5, 5.41) is 12.0. The van der Waals surface area contributed by atoms with Gasteiger partial charge in [-0.05, 0) is 30.3 Å². The van der Waals surface area contributed by atoms with E-state index in [9.17, 15) is 9.90 Å². The summed E-state index contributed by atoms with van der Waals surface area (Å²) in [7, 11) is 0. The number of halogens is 1. The van der Waals surface area contributed by atoms with Gasteiger partial charge >= 0.3 is 6.09 Å². The third-order valence-electron chi connectivity index (χ3n) is 2.15. The summed E-state index contributed by atoms with van der Waals surface area (Å²) in [6.45, 7) is 0. The van der Waals surface area contributed by atoms with Gasteiger partial charge < -0.3 is 9.84 Å². The van der Waals surface area contributed by atoms with Gasteiger partial charge in [-0.2, -0.15) is 0 Å². The maximum absolute atomic E-state index is 11.6. The molecular formula is C13H10BrNO3. The Morgan fingerprint density at radius 1 is 1.17 bits per heavy atom. The predicted molar refractivity (Wildman–Crippen MR) is 71.9 cm³/mol. The number of amides is 1. The Morgan fingerprint density at radius 3 is 2.61 bits per heavy atom. The van der Waals surface area contributed by atoms with Gasteiger partial charge in [0.2, 0.25) is 0 Å². The van der Waals surface area contributed by atoms with Crippen molar-refractivity contribution in [2.24, 2.45) is 0 Å². The average Bonchev–Trinajstić information content (AvgIpc) is 2.35. The lowest BCUT2D eigenvalue weighted by molar-refractivity contribution is 0.215. The number of ether oxygens (including phenoxy) is 1. The zero-order valence-electron chi connectivity index (χ0n) is 9.26. The number of hydrogen-bond donors (Lipinski definition) is 2. The third-order valence-corrected chi connectivity index (χ3v) is 2.64. The van der Waals surface area contributed by atoms with Crippen molar-refractivity contribution >= 4 is 27.7 Å². The van der Waals surface area contributed by atoms with Gasteiger partial charge in [0, 0.05) is 4.47 Å². The molecule has 2 aromatic rings. The molecule has 92 valence electrons. The summed E-state index contributed by atoms with van der Waals surface area (Å²) in [6.07, 6.45) is -0.658. The van der Waals surface area contributed by atoms with Crippen LogP contribution in [0.25, 0.3) is 0 Å². The maximum atomic E-state index is 11.6. The van der Waals surface area contributed by atoms with Crippen LogP contribution in [-0.2, 0) is 0 Å². The van der Waals surface area contributed by atoms with E-state index in [0.29, 0.717) is 5.75 Å². The minimum atomic E-state index is -0.658. The number of carbonyl (C=O) groups excluding carboxylic acids is 1. The van der Waals surface area contributed by atoms with E-state index in [0.717, 1.165) is 4.47 Å². The molecule has 0 aromatic heterocycles. The minimum Gasteiger partial charge on any atom is -0.506 e. The Hall–Kier alpha value is -2.01. The van der Waals surface area contributed by atoms with Gasteiger partial charge in [0.15, 0.2) is 0 Å². The Kier molecular flexibility index (Phi) is 3.84. The molecule has 0 aliphatic rings. The van der Waals surface area contributed by atoms with Crippen LogP contribution in [-0.4, -0.2) is 11.2 Å². The van der Waals surface area contributed by atoms with Crippen LogP contribution in [0, 0.1) is 0 Å². The lowest BCUT2D eigenvalue weighted by Gasteiger charge is -2.08. The van der Waals surface area contributed by atoms with E-state index in [1.807, 2.05) is 6.07 Å². The highest BCUT2D eigenvalue weighted by molar-refractivity contribution is 9.10. The molecule has 2 aromatic carbocycles. The smallest absolute Gasteiger partial charge is 0.417 e. The molecule has 0 saturated heterocycles. The number of phenolic OH excluding ortho intramolecular Hbond substituents is 1. The molecular weight excluding hydrogens is 298 g/mol. The van der Waals surface area contributed by atoms with Crippen molar-refractivity contribution in [3.05, 3.63) is 53.0 Å². The highest BCUT2D eigenvalue weighted by atomic mass is 79.9. The fourth-order valence-electron chi connectivity index (χ4n) is 1.34. The Balaban J connectivity index is 2.05. The van der Waals surface area contributed by atoms with Crippen LogP contribution < -0.4 is 10.1 Å². The molecule has 0 bridgehead atoms. The highest BCUT2D eigenvalue weighted by Crippen LogP contribution is 2.27. The quantitative estimate of drug-likeness (QED) is 0.830. The average molecular weight is 308 g/mol. The van der Waals surface area contributed by atoms with Gasteiger partial charge in [-0.15, -0.1) is 0 Å². The number of nitrogens with one attached hydrogen (secondary N) is 1. The van der Waals surface area contributed by atoms with E-state index >= 15 is 0 Å². The molecule has 18 heavy (non-hydrogen) atoms. The number of hydrogen-bond acceptors (Lipinski definition) is 3. The third kappa shape index (κ3) is 3.24. The number of rotatable bonds is 2. The van der Waals surface area contributed by atoms with Crippen LogP contribution in [0.2, 0.25) is 0 Å². The number of carbonyl (C=O) groups is 1. The van der Waals surface area contributed by atoms with Crippen molar-refractivity contribution in [3.63, 3.8) is 0 Å². The first-order valence-corrected chi connectivity index (χ1v) is 5.97.